The van der Waals surface area contributed by atoms with Crippen LogP contribution >= 0.6 is 0 Å². The van der Waals surface area contributed by atoms with Gasteiger partial charge in [-0.3, -0.25) is 0 Å². The average Bonchev–Trinajstić information content (AvgIpc) is 3.13. The van der Waals surface area contributed by atoms with Crippen molar-refractivity contribution in [2.24, 2.45) is 64.1 Å². The van der Waals surface area contributed by atoms with E-state index in [4.69, 9.17) is 0 Å². The Balaban J connectivity index is -0.000000633. The van der Waals surface area contributed by atoms with Crippen LogP contribution in [-0.2, 0) is 25.8 Å². The Labute approximate surface area is 248 Å². The van der Waals surface area contributed by atoms with E-state index >= 15 is 0 Å². The molecular weight excluding hydrogens is 599 g/mol. The number of allylic oxidation sites excluding steroid dienone is 8. The van der Waals surface area contributed by atoms with Gasteiger partial charge in [-0.05, 0) is 81.7 Å². The molecule has 0 aromatic rings. The van der Waals surface area contributed by atoms with E-state index in [9.17, 15) is 0 Å². The van der Waals surface area contributed by atoms with Crippen LogP contribution < -0.4 is 0 Å². The van der Waals surface area contributed by atoms with Gasteiger partial charge in [-0.15, -0.1) is 0 Å². The molecule has 2 saturated carbocycles. The molecule has 0 radical (unpaired) electrons. The molecule has 0 saturated heterocycles. The minimum atomic E-state index is 0. The second-order valence-electron chi connectivity index (χ2n) is 13.5. The van der Waals surface area contributed by atoms with Gasteiger partial charge in [0.1, 0.15) is 0 Å². The van der Waals surface area contributed by atoms with Crippen LogP contribution in [0.5, 0.6) is 0 Å². The van der Waals surface area contributed by atoms with Gasteiger partial charge in [-0.25, -0.2) is 0 Å². The van der Waals surface area contributed by atoms with E-state index in [0.29, 0.717) is 0 Å². The molecular formula is C35H62Hf. The fraction of sp³-hybridized carbons (Fsp3) is 0.657. The number of hydrogen-bond acceptors (Lipinski definition) is 0. The molecule has 4 atom stereocenters. The Morgan fingerprint density at radius 1 is 0.528 bits per heavy atom. The maximum absolute atomic E-state index is 2.57. The van der Waals surface area contributed by atoms with Crippen LogP contribution in [0.3, 0.4) is 0 Å². The quantitative estimate of drug-likeness (QED) is 0.179. The first-order chi connectivity index (χ1) is 14.2. The summed E-state index contributed by atoms with van der Waals surface area (Å²) in [5, 5.41) is 0. The van der Waals surface area contributed by atoms with E-state index in [1.807, 2.05) is 0 Å². The molecule has 2 fully saturated rings. The predicted octanol–water partition coefficient (Wildman–Crippen LogP) is 10.9. The van der Waals surface area contributed by atoms with Gasteiger partial charge in [-0.2, -0.15) is 0 Å². The van der Waals surface area contributed by atoms with E-state index in [1.165, 1.54) is 17.6 Å². The molecule has 0 amide bonds. The van der Waals surface area contributed by atoms with Gasteiger partial charge < -0.3 is 29.7 Å². The molecule has 0 N–H and O–H groups in total. The molecule has 4 unspecified atom stereocenters. The smallest absolute Gasteiger partial charge is 0.358 e. The molecule has 206 valence electrons. The van der Waals surface area contributed by atoms with Crippen LogP contribution in [0.2, 0.25) is 0 Å². The zero-order chi connectivity index (χ0) is 23.3. The monoisotopic (exact) mass is 662 g/mol. The summed E-state index contributed by atoms with van der Waals surface area (Å²) in [6, 6.07) is 0. The van der Waals surface area contributed by atoms with Crippen LogP contribution in [0.1, 0.15) is 82.6 Å². The zero-order valence-electron chi connectivity index (χ0n) is 26.9. The summed E-state index contributed by atoms with van der Waals surface area (Å²) >= 11 is 0. The topological polar surface area (TPSA) is 0 Å². The van der Waals surface area contributed by atoms with Crippen molar-refractivity contribution in [2.75, 3.05) is 0 Å². The largest absolute Gasteiger partial charge is 4.00 e. The molecule has 36 heavy (non-hydrogen) atoms. The SMILES string of the molecule is CC(C)(C)C1=CC2CC3C=C(C(C)(C)C)C=CC3C2C=C1.CC1C(C)C(C)C(C)C1C.[CH3-].[CH3-].[CH3-].[CH3-].[Hf+4]. The summed E-state index contributed by atoms with van der Waals surface area (Å²) in [6.45, 7) is 25.9. The molecule has 0 aliphatic heterocycles. The fourth-order valence-corrected chi connectivity index (χ4v) is 6.50. The first kappa shape index (κ1) is 40.3. The van der Waals surface area contributed by atoms with E-state index in [1.54, 1.807) is 0 Å². The second-order valence-corrected chi connectivity index (χ2v) is 13.5. The van der Waals surface area contributed by atoms with Crippen LogP contribution in [-0.4, -0.2) is 0 Å². The Kier molecular flexibility index (Phi) is 16.6. The summed E-state index contributed by atoms with van der Waals surface area (Å²) in [5.74, 6) is 7.58. The Hall–Kier alpha value is -0.170. The maximum Gasteiger partial charge on any atom is 4.00 e. The molecule has 4 aliphatic carbocycles. The molecule has 4 aliphatic rings. The Bertz CT molecular complexity index is 671. The predicted molar refractivity (Wildman–Crippen MR) is 163 cm³/mol. The van der Waals surface area contributed by atoms with Gasteiger partial charge in [0.2, 0.25) is 0 Å². The van der Waals surface area contributed by atoms with Crippen LogP contribution in [0.15, 0.2) is 47.6 Å². The van der Waals surface area contributed by atoms with Crippen molar-refractivity contribution in [1.82, 2.24) is 0 Å². The Morgan fingerprint density at radius 2 is 0.778 bits per heavy atom. The van der Waals surface area contributed by atoms with Gasteiger partial charge in [0.25, 0.3) is 0 Å². The van der Waals surface area contributed by atoms with Crippen LogP contribution in [0, 0.1) is 93.8 Å². The van der Waals surface area contributed by atoms with Crippen molar-refractivity contribution in [1.29, 1.82) is 0 Å². The van der Waals surface area contributed by atoms with E-state index in [0.717, 1.165) is 53.3 Å². The van der Waals surface area contributed by atoms with Gasteiger partial charge in [0, 0.05) is 0 Å². The molecule has 0 aromatic carbocycles. The number of rotatable bonds is 0. The van der Waals surface area contributed by atoms with E-state index < -0.39 is 0 Å². The maximum atomic E-state index is 2.57. The van der Waals surface area contributed by atoms with Gasteiger partial charge in [-0.1, -0.05) is 113 Å². The van der Waals surface area contributed by atoms with Crippen molar-refractivity contribution in [3.8, 4) is 0 Å². The first-order valence-electron chi connectivity index (χ1n) is 13.0. The van der Waals surface area contributed by atoms with Gasteiger partial charge in [0.15, 0.2) is 0 Å². The minimum Gasteiger partial charge on any atom is -0.358 e. The molecule has 0 bridgehead atoms. The fourth-order valence-electron chi connectivity index (χ4n) is 6.50. The molecule has 0 nitrogen and oxygen atoms in total. The molecule has 0 heterocycles. The minimum absolute atomic E-state index is 0. The molecule has 0 aromatic heterocycles. The normalized spacial score (nSPS) is 35.9. The number of hydrogen-bond donors (Lipinski definition) is 0. The molecule has 0 spiro atoms. The summed E-state index contributed by atoms with van der Waals surface area (Å²) in [5.41, 5.74) is 3.59. The van der Waals surface area contributed by atoms with Crippen molar-refractivity contribution < 1.29 is 25.8 Å². The standard InChI is InChI=1S/C21H30.C10H20.4CH3.Hf/c1-20(2,3)16-7-9-18-14(12-16)11-15-13-17(21(4,5)6)8-10-19(15)18;1-6-7(2)9(4)10(5)8(6)3;;;;;/h7-10,12-15,18-19H,11H2,1-6H3;6-10H,1-5H3;4*1H3;/q;;4*-1;+4. The summed E-state index contributed by atoms with van der Waals surface area (Å²) in [7, 11) is 0. The van der Waals surface area contributed by atoms with E-state index in [-0.39, 0.29) is 66.4 Å². The summed E-state index contributed by atoms with van der Waals surface area (Å²) < 4.78 is 0. The summed E-state index contributed by atoms with van der Waals surface area (Å²) in [4.78, 5) is 0. The third-order valence-electron chi connectivity index (χ3n) is 9.64. The van der Waals surface area contributed by atoms with Crippen molar-refractivity contribution in [3.05, 3.63) is 77.3 Å². The third kappa shape index (κ3) is 8.41. The van der Waals surface area contributed by atoms with Gasteiger partial charge in [0.05, 0.1) is 0 Å². The average molecular weight is 661 g/mol. The van der Waals surface area contributed by atoms with Crippen molar-refractivity contribution in [2.45, 2.75) is 82.6 Å². The molecule has 4 rings (SSSR count). The second kappa shape index (κ2) is 14.8. The Morgan fingerprint density at radius 3 is 1.00 bits per heavy atom. The summed E-state index contributed by atoms with van der Waals surface area (Å²) in [6.07, 6.45) is 16.2. The van der Waals surface area contributed by atoms with Crippen LogP contribution in [0.4, 0.5) is 0 Å². The van der Waals surface area contributed by atoms with Crippen LogP contribution in [0.25, 0.3) is 0 Å². The first-order valence-corrected chi connectivity index (χ1v) is 13.0. The number of fused-ring (bicyclic) bond motifs is 3. The molecule has 1 heteroatoms. The zero-order valence-corrected chi connectivity index (χ0v) is 30.5. The third-order valence-corrected chi connectivity index (χ3v) is 9.64. The van der Waals surface area contributed by atoms with Crippen molar-refractivity contribution >= 4 is 0 Å². The van der Waals surface area contributed by atoms with Crippen molar-refractivity contribution in [3.63, 3.8) is 0 Å². The van der Waals surface area contributed by atoms with E-state index in [2.05, 4.69) is 113 Å². The van der Waals surface area contributed by atoms with Gasteiger partial charge >= 0.3 is 25.8 Å².